The molecule has 124 valence electrons. The topological polar surface area (TPSA) is 62.5 Å². The first-order valence-corrected chi connectivity index (χ1v) is 7.91. The minimum Gasteiger partial charge on any atom is -0.467 e. The minimum absolute atomic E-state index is 0.106. The van der Waals surface area contributed by atoms with Crippen molar-refractivity contribution in [3.05, 3.63) is 59.5 Å². The standard InChI is InChI=1S/C19H25NO3/c1-13(12-16(21)17-10-7-11-23-17)20-18(22)14-8-5-6-9-15(14)19(2,3)4/h5-11,13,16,21H,12H2,1-4H3,(H,20,22). The van der Waals surface area contributed by atoms with Crippen molar-refractivity contribution in [2.75, 3.05) is 0 Å². The molecule has 0 fully saturated rings. The second kappa shape index (κ2) is 7.01. The number of furan rings is 1. The summed E-state index contributed by atoms with van der Waals surface area (Å²) in [5.74, 6) is 0.399. The molecule has 1 amide bonds. The van der Waals surface area contributed by atoms with Crippen molar-refractivity contribution >= 4 is 5.91 Å². The smallest absolute Gasteiger partial charge is 0.251 e. The Balaban J connectivity index is 2.05. The van der Waals surface area contributed by atoms with Crippen molar-refractivity contribution in [1.82, 2.24) is 5.32 Å². The highest BCUT2D eigenvalue weighted by atomic mass is 16.4. The maximum Gasteiger partial charge on any atom is 0.251 e. The van der Waals surface area contributed by atoms with Crippen LogP contribution in [0, 0.1) is 0 Å². The van der Waals surface area contributed by atoms with Crippen molar-refractivity contribution in [2.45, 2.75) is 51.7 Å². The largest absolute Gasteiger partial charge is 0.467 e. The molecule has 0 aliphatic rings. The van der Waals surface area contributed by atoms with Gasteiger partial charge in [0.15, 0.2) is 0 Å². The Bertz CT molecular complexity index is 641. The summed E-state index contributed by atoms with van der Waals surface area (Å²) in [7, 11) is 0. The average Bonchev–Trinajstić information content (AvgIpc) is 3.00. The predicted octanol–water partition coefficient (Wildman–Crippen LogP) is 3.82. The predicted molar refractivity (Wildman–Crippen MR) is 90.4 cm³/mol. The Morgan fingerprint density at radius 1 is 1.22 bits per heavy atom. The SMILES string of the molecule is CC(CC(O)c1ccco1)NC(=O)c1ccccc1C(C)(C)C. The summed E-state index contributed by atoms with van der Waals surface area (Å²) < 4.78 is 5.19. The van der Waals surface area contributed by atoms with Gasteiger partial charge in [-0.25, -0.2) is 0 Å². The monoisotopic (exact) mass is 315 g/mol. The summed E-state index contributed by atoms with van der Waals surface area (Å²) in [6.07, 6.45) is 1.20. The van der Waals surface area contributed by atoms with Gasteiger partial charge >= 0.3 is 0 Å². The molecule has 0 saturated heterocycles. The van der Waals surface area contributed by atoms with Gasteiger partial charge in [-0.3, -0.25) is 4.79 Å². The van der Waals surface area contributed by atoms with Gasteiger partial charge in [-0.05, 0) is 36.1 Å². The van der Waals surface area contributed by atoms with Crippen LogP contribution in [0.3, 0.4) is 0 Å². The van der Waals surface area contributed by atoms with Crippen LogP contribution in [0.4, 0.5) is 0 Å². The Morgan fingerprint density at radius 2 is 1.91 bits per heavy atom. The van der Waals surface area contributed by atoms with Crippen LogP contribution in [0.1, 0.15) is 61.9 Å². The van der Waals surface area contributed by atoms with Gasteiger partial charge in [0, 0.05) is 18.0 Å². The molecule has 1 aromatic heterocycles. The van der Waals surface area contributed by atoms with Crippen LogP contribution >= 0.6 is 0 Å². The Kier molecular flexibility index (Phi) is 5.26. The third-order valence-corrected chi connectivity index (χ3v) is 3.81. The first-order valence-electron chi connectivity index (χ1n) is 7.91. The maximum absolute atomic E-state index is 12.6. The van der Waals surface area contributed by atoms with E-state index < -0.39 is 6.10 Å². The second-order valence-electron chi connectivity index (χ2n) is 6.94. The number of benzene rings is 1. The summed E-state index contributed by atoms with van der Waals surface area (Å²) in [4.78, 5) is 12.6. The first kappa shape index (κ1) is 17.3. The van der Waals surface area contributed by atoms with Crippen molar-refractivity contribution in [1.29, 1.82) is 0 Å². The zero-order valence-electron chi connectivity index (χ0n) is 14.2. The maximum atomic E-state index is 12.6. The molecule has 4 nitrogen and oxygen atoms in total. The van der Waals surface area contributed by atoms with Gasteiger partial charge in [-0.15, -0.1) is 0 Å². The number of carbonyl (C=O) groups excluding carboxylic acids is 1. The Hall–Kier alpha value is -2.07. The molecule has 0 saturated carbocycles. The number of aliphatic hydroxyl groups is 1. The van der Waals surface area contributed by atoms with Crippen molar-refractivity contribution in [3.8, 4) is 0 Å². The van der Waals surface area contributed by atoms with E-state index in [1.165, 1.54) is 6.26 Å². The second-order valence-corrected chi connectivity index (χ2v) is 6.94. The van der Waals surface area contributed by atoms with Crippen LogP contribution in [0.25, 0.3) is 0 Å². The van der Waals surface area contributed by atoms with Crippen LogP contribution in [0.2, 0.25) is 0 Å². The highest BCUT2D eigenvalue weighted by Crippen LogP contribution is 2.26. The van der Waals surface area contributed by atoms with E-state index in [9.17, 15) is 9.90 Å². The quantitative estimate of drug-likeness (QED) is 0.881. The van der Waals surface area contributed by atoms with E-state index in [0.29, 0.717) is 17.7 Å². The highest BCUT2D eigenvalue weighted by molar-refractivity contribution is 5.96. The average molecular weight is 315 g/mol. The molecule has 2 rings (SSSR count). The number of hydrogen-bond donors (Lipinski definition) is 2. The van der Waals surface area contributed by atoms with Gasteiger partial charge in [0.05, 0.1) is 6.26 Å². The summed E-state index contributed by atoms with van der Waals surface area (Å²) in [6.45, 7) is 8.14. The zero-order valence-corrected chi connectivity index (χ0v) is 14.2. The normalized spacial score (nSPS) is 14.3. The number of amides is 1. The van der Waals surface area contributed by atoms with Crippen LogP contribution in [0.5, 0.6) is 0 Å². The number of nitrogens with one attached hydrogen (secondary N) is 1. The van der Waals surface area contributed by atoms with Crippen LogP contribution in [-0.4, -0.2) is 17.1 Å². The van der Waals surface area contributed by atoms with Gasteiger partial charge in [0.2, 0.25) is 0 Å². The van der Waals surface area contributed by atoms with Gasteiger partial charge in [0.25, 0.3) is 5.91 Å². The molecule has 2 unspecified atom stereocenters. The van der Waals surface area contributed by atoms with Gasteiger partial charge in [-0.2, -0.15) is 0 Å². The van der Waals surface area contributed by atoms with Crippen LogP contribution in [0.15, 0.2) is 47.1 Å². The number of carbonyl (C=O) groups is 1. The molecule has 0 bridgehead atoms. The molecule has 2 atom stereocenters. The molecule has 2 N–H and O–H groups in total. The molecule has 0 radical (unpaired) electrons. The molecular weight excluding hydrogens is 290 g/mol. The van der Waals surface area contributed by atoms with E-state index in [2.05, 4.69) is 26.1 Å². The lowest BCUT2D eigenvalue weighted by molar-refractivity contribution is 0.0901. The molecule has 0 aliphatic heterocycles. The lowest BCUT2D eigenvalue weighted by Gasteiger charge is -2.23. The lowest BCUT2D eigenvalue weighted by atomic mass is 9.83. The third-order valence-electron chi connectivity index (χ3n) is 3.81. The van der Waals surface area contributed by atoms with E-state index >= 15 is 0 Å². The number of aliphatic hydroxyl groups excluding tert-OH is 1. The fourth-order valence-electron chi connectivity index (χ4n) is 2.63. The van der Waals surface area contributed by atoms with Gasteiger partial charge < -0.3 is 14.8 Å². The number of hydrogen-bond acceptors (Lipinski definition) is 3. The highest BCUT2D eigenvalue weighted by Gasteiger charge is 2.23. The molecule has 23 heavy (non-hydrogen) atoms. The third kappa shape index (κ3) is 4.45. The van der Waals surface area contributed by atoms with E-state index in [1.54, 1.807) is 12.1 Å². The molecule has 1 aromatic carbocycles. The summed E-state index contributed by atoms with van der Waals surface area (Å²) in [5.41, 5.74) is 1.58. The molecule has 0 spiro atoms. The van der Waals surface area contributed by atoms with Crippen molar-refractivity contribution in [2.24, 2.45) is 0 Å². The van der Waals surface area contributed by atoms with Gasteiger partial charge in [-0.1, -0.05) is 39.0 Å². The van der Waals surface area contributed by atoms with Crippen molar-refractivity contribution in [3.63, 3.8) is 0 Å². The van der Waals surface area contributed by atoms with E-state index in [4.69, 9.17) is 4.42 Å². The van der Waals surface area contributed by atoms with E-state index in [-0.39, 0.29) is 17.4 Å². The minimum atomic E-state index is -0.724. The Morgan fingerprint density at radius 3 is 2.52 bits per heavy atom. The van der Waals surface area contributed by atoms with Gasteiger partial charge in [0.1, 0.15) is 11.9 Å². The number of rotatable bonds is 5. The summed E-state index contributed by atoms with van der Waals surface area (Å²) >= 11 is 0. The fourth-order valence-corrected chi connectivity index (χ4v) is 2.63. The zero-order chi connectivity index (χ0) is 17.0. The van der Waals surface area contributed by atoms with Crippen LogP contribution < -0.4 is 5.32 Å². The van der Waals surface area contributed by atoms with Crippen molar-refractivity contribution < 1.29 is 14.3 Å². The Labute approximate surface area is 137 Å². The summed E-state index contributed by atoms with van der Waals surface area (Å²) in [6, 6.07) is 10.9. The molecule has 2 aromatic rings. The van der Waals surface area contributed by atoms with E-state index in [0.717, 1.165) is 5.56 Å². The summed E-state index contributed by atoms with van der Waals surface area (Å²) in [5, 5.41) is 13.1. The fraction of sp³-hybridized carbons (Fsp3) is 0.421. The molecule has 0 aliphatic carbocycles. The first-order chi connectivity index (χ1) is 10.8. The molecule has 4 heteroatoms. The van der Waals surface area contributed by atoms with E-state index in [1.807, 2.05) is 31.2 Å². The van der Waals surface area contributed by atoms with Crippen LogP contribution in [-0.2, 0) is 5.41 Å². The molecular formula is C19H25NO3. The molecule has 1 heterocycles. The lowest BCUT2D eigenvalue weighted by Crippen LogP contribution is -2.35.